The van der Waals surface area contributed by atoms with Gasteiger partial charge in [0.05, 0.1) is 5.56 Å². The standard InChI is InChI=1S/C29H26O3/c1-3-4-12-23-20(2)17-21-10-5-6-13-24(21)27(23)19-32-28-16-8-7-14-25(28)26-15-9-11-22(18-30)29(26)31/h4-18,31H,3,19H2,1-2H3/b12-4-. The van der Waals surface area contributed by atoms with Crippen molar-refractivity contribution in [2.45, 2.75) is 26.9 Å². The average molecular weight is 423 g/mol. The normalized spacial score (nSPS) is 11.2. The summed E-state index contributed by atoms with van der Waals surface area (Å²) in [5.74, 6) is 0.619. The van der Waals surface area contributed by atoms with Crippen LogP contribution >= 0.6 is 0 Å². The first-order valence-corrected chi connectivity index (χ1v) is 10.8. The number of benzene rings is 4. The highest BCUT2D eigenvalue weighted by atomic mass is 16.5. The number of phenolic OH excluding ortho intramolecular Hbond substituents is 1. The fourth-order valence-corrected chi connectivity index (χ4v) is 4.05. The molecule has 4 rings (SSSR count). The molecular weight excluding hydrogens is 396 g/mol. The number of rotatable bonds is 7. The molecule has 3 heteroatoms. The van der Waals surface area contributed by atoms with Gasteiger partial charge in [-0.2, -0.15) is 0 Å². The van der Waals surface area contributed by atoms with Crippen LogP contribution in [0.25, 0.3) is 28.0 Å². The fraction of sp³-hybridized carbons (Fsp3) is 0.138. The molecule has 0 saturated heterocycles. The maximum absolute atomic E-state index is 11.3. The Morgan fingerprint density at radius 2 is 1.69 bits per heavy atom. The van der Waals surface area contributed by atoms with Crippen molar-refractivity contribution in [3.8, 4) is 22.6 Å². The van der Waals surface area contributed by atoms with Crippen LogP contribution in [0, 0.1) is 6.92 Å². The van der Waals surface area contributed by atoms with E-state index in [2.05, 4.69) is 44.2 Å². The van der Waals surface area contributed by atoms with Crippen molar-refractivity contribution in [1.29, 1.82) is 0 Å². The van der Waals surface area contributed by atoms with Crippen molar-refractivity contribution in [3.63, 3.8) is 0 Å². The van der Waals surface area contributed by atoms with Gasteiger partial charge in [0.25, 0.3) is 0 Å². The molecule has 0 radical (unpaired) electrons. The van der Waals surface area contributed by atoms with E-state index in [1.54, 1.807) is 18.2 Å². The molecular formula is C29H26O3. The van der Waals surface area contributed by atoms with Crippen LogP contribution in [-0.4, -0.2) is 11.4 Å². The number of carbonyl (C=O) groups excluding carboxylic acids is 1. The van der Waals surface area contributed by atoms with Crippen LogP contribution in [0.15, 0.2) is 78.9 Å². The number of hydrogen-bond acceptors (Lipinski definition) is 3. The zero-order valence-corrected chi connectivity index (χ0v) is 18.3. The smallest absolute Gasteiger partial charge is 0.153 e. The van der Waals surface area contributed by atoms with Crippen molar-refractivity contribution >= 4 is 23.1 Å². The van der Waals surface area contributed by atoms with Gasteiger partial charge < -0.3 is 9.84 Å². The van der Waals surface area contributed by atoms with Crippen molar-refractivity contribution in [1.82, 2.24) is 0 Å². The van der Waals surface area contributed by atoms with E-state index in [1.807, 2.05) is 36.4 Å². The molecule has 160 valence electrons. The van der Waals surface area contributed by atoms with Crippen molar-refractivity contribution in [3.05, 3.63) is 101 Å². The van der Waals surface area contributed by atoms with Gasteiger partial charge in [-0.05, 0) is 47.4 Å². The maximum Gasteiger partial charge on any atom is 0.153 e. The summed E-state index contributed by atoms with van der Waals surface area (Å²) in [4.78, 5) is 11.3. The van der Waals surface area contributed by atoms with Crippen molar-refractivity contribution in [2.24, 2.45) is 0 Å². The first-order chi connectivity index (χ1) is 15.6. The molecule has 0 aliphatic rings. The topological polar surface area (TPSA) is 46.5 Å². The van der Waals surface area contributed by atoms with Gasteiger partial charge >= 0.3 is 0 Å². The highest BCUT2D eigenvalue weighted by molar-refractivity contribution is 5.90. The van der Waals surface area contributed by atoms with E-state index in [1.165, 1.54) is 16.5 Å². The molecule has 0 saturated carbocycles. The van der Waals surface area contributed by atoms with Crippen LogP contribution in [0.2, 0.25) is 0 Å². The van der Waals surface area contributed by atoms with Gasteiger partial charge in [-0.15, -0.1) is 0 Å². The number of fused-ring (bicyclic) bond motifs is 1. The Morgan fingerprint density at radius 3 is 2.50 bits per heavy atom. The SMILES string of the molecule is CC/C=C\c1c(C)cc2ccccc2c1COc1ccccc1-c1cccc(C=O)c1O. The first-order valence-electron chi connectivity index (χ1n) is 10.8. The summed E-state index contributed by atoms with van der Waals surface area (Å²) in [5, 5.41) is 12.9. The van der Waals surface area contributed by atoms with E-state index in [9.17, 15) is 9.90 Å². The van der Waals surface area contributed by atoms with Crippen LogP contribution in [-0.2, 0) is 6.61 Å². The molecule has 32 heavy (non-hydrogen) atoms. The number of allylic oxidation sites excluding steroid dienone is 1. The van der Waals surface area contributed by atoms with E-state index in [4.69, 9.17) is 4.74 Å². The maximum atomic E-state index is 11.3. The summed E-state index contributed by atoms with van der Waals surface area (Å²) >= 11 is 0. The third-order valence-corrected chi connectivity index (χ3v) is 5.67. The lowest BCUT2D eigenvalue weighted by Gasteiger charge is -2.17. The zero-order valence-electron chi connectivity index (χ0n) is 18.3. The first kappa shape index (κ1) is 21.4. The number of aldehydes is 1. The van der Waals surface area contributed by atoms with Gasteiger partial charge in [-0.1, -0.05) is 79.7 Å². The van der Waals surface area contributed by atoms with Gasteiger partial charge in [-0.3, -0.25) is 4.79 Å². The molecule has 0 amide bonds. The summed E-state index contributed by atoms with van der Waals surface area (Å²) in [6, 6.07) is 23.3. The number of aryl methyl sites for hydroxylation is 1. The number of hydrogen-bond donors (Lipinski definition) is 1. The molecule has 1 N–H and O–H groups in total. The predicted molar refractivity (Wildman–Crippen MR) is 131 cm³/mol. The summed E-state index contributed by atoms with van der Waals surface area (Å²) in [7, 11) is 0. The largest absolute Gasteiger partial charge is 0.507 e. The van der Waals surface area contributed by atoms with Crippen molar-refractivity contribution in [2.75, 3.05) is 0 Å². The summed E-state index contributed by atoms with van der Waals surface area (Å²) in [6.45, 7) is 4.64. The third-order valence-electron chi connectivity index (χ3n) is 5.67. The second kappa shape index (κ2) is 9.52. The fourth-order valence-electron chi connectivity index (χ4n) is 4.05. The lowest BCUT2D eigenvalue weighted by Crippen LogP contribution is -2.02. The number of carbonyl (C=O) groups is 1. The van der Waals surface area contributed by atoms with E-state index < -0.39 is 0 Å². The van der Waals surface area contributed by atoms with Crippen LogP contribution < -0.4 is 4.74 Å². The second-order valence-electron chi connectivity index (χ2n) is 7.76. The Hall–Kier alpha value is -3.85. The highest BCUT2D eigenvalue weighted by Gasteiger charge is 2.15. The predicted octanol–water partition coefficient (Wildman–Crippen LogP) is 7.34. The molecule has 0 fully saturated rings. The van der Waals surface area contributed by atoms with Crippen LogP contribution in [0.5, 0.6) is 11.5 Å². The Bertz CT molecular complexity index is 1300. The van der Waals surface area contributed by atoms with E-state index in [0.717, 1.165) is 22.9 Å². The van der Waals surface area contributed by atoms with E-state index in [-0.39, 0.29) is 11.3 Å². The summed E-state index contributed by atoms with van der Waals surface area (Å²) in [5.41, 5.74) is 5.09. The number of aromatic hydroxyl groups is 1. The minimum Gasteiger partial charge on any atom is -0.507 e. The van der Waals surface area contributed by atoms with Gasteiger partial charge in [0.2, 0.25) is 0 Å². The van der Waals surface area contributed by atoms with Crippen LogP contribution in [0.3, 0.4) is 0 Å². The molecule has 4 aromatic rings. The van der Waals surface area contributed by atoms with Gasteiger partial charge in [0, 0.05) is 16.7 Å². The quantitative estimate of drug-likeness (QED) is 0.317. The van der Waals surface area contributed by atoms with Gasteiger partial charge in [-0.25, -0.2) is 0 Å². The van der Waals surface area contributed by atoms with Crippen LogP contribution in [0.1, 0.15) is 40.4 Å². The molecule has 3 nitrogen and oxygen atoms in total. The van der Waals surface area contributed by atoms with E-state index >= 15 is 0 Å². The molecule has 0 aliphatic heterocycles. The number of ether oxygens (including phenoxy) is 1. The molecule has 0 heterocycles. The average Bonchev–Trinajstić information content (AvgIpc) is 2.82. The number of para-hydroxylation sites is 2. The monoisotopic (exact) mass is 422 g/mol. The lowest BCUT2D eigenvalue weighted by molar-refractivity contribution is 0.112. The molecule has 4 aromatic carbocycles. The molecule has 0 unspecified atom stereocenters. The minimum atomic E-state index is -0.0360. The van der Waals surface area contributed by atoms with Crippen molar-refractivity contribution < 1.29 is 14.6 Å². The molecule has 0 aliphatic carbocycles. The van der Waals surface area contributed by atoms with Gasteiger partial charge in [0.15, 0.2) is 6.29 Å². The Labute approximate surface area is 188 Å². The third kappa shape index (κ3) is 4.15. The minimum absolute atomic E-state index is 0.0360. The molecule has 0 atom stereocenters. The Kier molecular flexibility index (Phi) is 6.37. The summed E-state index contributed by atoms with van der Waals surface area (Å²) < 4.78 is 6.36. The lowest BCUT2D eigenvalue weighted by atomic mass is 9.94. The Morgan fingerprint density at radius 1 is 0.938 bits per heavy atom. The van der Waals surface area contributed by atoms with E-state index in [0.29, 0.717) is 24.2 Å². The molecule has 0 bridgehead atoms. The van der Waals surface area contributed by atoms with Crippen LogP contribution in [0.4, 0.5) is 0 Å². The molecule has 0 aromatic heterocycles. The number of phenols is 1. The highest BCUT2D eigenvalue weighted by Crippen LogP contribution is 2.38. The van der Waals surface area contributed by atoms with Gasteiger partial charge in [0.1, 0.15) is 18.1 Å². The molecule has 0 spiro atoms. The summed E-state index contributed by atoms with van der Waals surface area (Å²) in [6.07, 6.45) is 5.96. The Balaban J connectivity index is 1.78. The zero-order chi connectivity index (χ0) is 22.5. The second-order valence-corrected chi connectivity index (χ2v) is 7.76.